The molecule has 0 saturated carbocycles. The fourth-order valence-corrected chi connectivity index (χ4v) is 1.95. The van der Waals surface area contributed by atoms with E-state index in [-0.39, 0.29) is 12.4 Å². The lowest BCUT2D eigenvalue weighted by molar-refractivity contribution is 0.503. The number of benzene rings is 1. The monoisotopic (exact) mass is 300 g/mol. The Morgan fingerprint density at radius 1 is 1.30 bits per heavy atom. The summed E-state index contributed by atoms with van der Waals surface area (Å²) >= 11 is 0. The van der Waals surface area contributed by atoms with Crippen molar-refractivity contribution in [1.82, 2.24) is 29.2 Å². The van der Waals surface area contributed by atoms with Gasteiger partial charge in [0, 0.05) is 14.1 Å². The van der Waals surface area contributed by atoms with Gasteiger partial charge >= 0.3 is 0 Å². The number of hydrogen-bond donors (Lipinski definition) is 1. The van der Waals surface area contributed by atoms with Crippen LogP contribution in [0.15, 0.2) is 24.3 Å². The van der Waals surface area contributed by atoms with E-state index in [4.69, 9.17) is 0 Å². The molecule has 0 aliphatic carbocycles. The van der Waals surface area contributed by atoms with Crippen LogP contribution < -0.4 is 4.72 Å². The lowest BCUT2D eigenvalue weighted by Gasteiger charge is -2.12. The van der Waals surface area contributed by atoms with Gasteiger partial charge in [-0.2, -0.15) is 22.1 Å². The largest absolute Gasteiger partial charge is 0.279 e. The van der Waals surface area contributed by atoms with Crippen molar-refractivity contribution in [2.45, 2.75) is 6.54 Å². The van der Waals surface area contributed by atoms with Crippen LogP contribution in [-0.4, -0.2) is 47.0 Å². The second-order valence-corrected chi connectivity index (χ2v) is 6.06. The van der Waals surface area contributed by atoms with Gasteiger partial charge in [0.05, 0.1) is 12.2 Å². The van der Waals surface area contributed by atoms with Gasteiger partial charge in [-0.05, 0) is 34.7 Å². The Morgan fingerprint density at radius 3 is 2.55 bits per heavy atom. The van der Waals surface area contributed by atoms with Crippen LogP contribution in [0.1, 0.15) is 5.82 Å². The van der Waals surface area contributed by atoms with Gasteiger partial charge in [0.1, 0.15) is 5.82 Å². The summed E-state index contributed by atoms with van der Waals surface area (Å²) in [5, 5.41) is 11.0. The first-order chi connectivity index (χ1) is 9.40. The van der Waals surface area contributed by atoms with E-state index in [2.05, 4.69) is 20.2 Å². The zero-order chi connectivity index (χ0) is 14.8. The molecule has 1 heterocycles. The second-order valence-electron chi connectivity index (χ2n) is 4.09. The van der Waals surface area contributed by atoms with E-state index in [1.54, 1.807) is 0 Å². The zero-order valence-electron chi connectivity index (χ0n) is 10.9. The molecule has 0 radical (unpaired) electrons. The maximum atomic E-state index is 12.9. The van der Waals surface area contributed by atoms with Crippen LogP contribution in [0.25, 0.3) is 5.69 Å². The van der Waals surface area contributed by atoms with Gasteiger partial charge in [-0.25, -0.2) is 4.39 Å². The Hall–Kier alpha value is -1.91. The van der Waals surface area contributed by atoms with Crippen molar-refractivity contribution in [3.8, 4) is 5.69 Å². The van der Waals surface area contributed by atoms with E-state index >= 15 is 0 Å². The molecule has 0 spiro atoms. The first-order valence-electron chi connectivity index (χ1n) is 5.60. The smallest absolute Gasteiger partial charge is 0.207 e. The molecule has 0 aliphatic rings. The number of aromatic nitrogens is 4. The summed E-state index contributed by atoms with van der Waals surface area (Å²) in [6, 6.07) is 5.53. The van der Waals surface area contributed by atoms with Gasteiger partial charge in [0.25, 0.3) is 10.2 Å². The lowest BCUT2D eigenvalue weighted by Crippen LogP contribution is -2.35. The van der Waals surface area contributed by atoms with Gasteiger partial charge in [0.15, 0.2) is 5.82 Å². The number of rotatable bonds is 5. The maximum Gasteiger partial charge on any atom is 0.279 e. The van der Waals surface area contributed by atoms with E-state index in [9.17, 15) is 12.8 Å². The molecule has 0 unspecified atom stereocenters. The minimum Gasteiger partial charge on any atom is -0.207 e. The van der Waals surface area contributed by atoms with Gasteiger partial charge in [-0.15, -0.1) is 5.10 Å². The topological polar surface area (TPSA) is 93.0 Å². The summed E-state index contributed by atoms with van der Waals surface area (Å²) in [5.41, 5.74) is 0.537. The Bertz CT molecular complexity index is 682. The molecule has 1 N–H and O–H groups in total. The molecule has 10 heteroatoms. The quantitative estimate of drug-likeness (QED) is 0.818. The second kappa shape index (κ2) is 5.61. The van der Waals surface area contributed by atoms with Crippen LogP contribution in [0, 0.1) is 5.82 Å². The minimum atomic E-state index is -3.57. The van der Waals surface area contributed by atoms with Crippen molar-refractivity contribution in [2.75, 3.05) is 14.1 Å². The number of halogens is 1. The molecule has 0 aliphatic heterocycles. The van der Waals surface area contributed by atoms with Crippen LogP contribution in [0.4, 0.5) is 4.39 Å². The normalized spacial score (nSPS) is 12.0. The molecular weight excluding hydrogens is 287 g/mol. The van der Waals surface area contributed by atoms with Crippen molar-refractivity contribution in [1.29, 1.82) is 0 Å². The third kappa shape index (κ3) is 3.15. The van der Waals surface area contributed by atoms with Gasteiger partial charge < -0.3 is 0 Å². The zero-order valence-corrected chi connectivity index (χ0v) is 11.7. The van der Waals surface area contributed by atoms with Crippen LogP contribution in [-0.2, 0) is 16.8 Å². The van der Waals surface area contributed by atoms with E-state index in [1.165, 1.54) is 43.0 Å². The Labute approximate surface area is 115 Å². The molecule has 0 amide bonds. The third-order valence-electron chi connectivity index (χ3n) is 2.50. The molecule has 0 fully saturated rings. The summed E-state index contributed by atoms with van der Waals surface area (Å²) < 4.78 is 40.8. The Kier molecular flexibility index (Phi) is 4.06. The van der Waals surface area contributed by atoms with E-state index in [0.29, 0.717) is 11.5 Å². The van der Waals surface area contributed by atoms with Crippen LogP contribution in [0.3, 0.4) is 0 Å². The highest BCUT2D eigenvalue weighted by molar-refractivity contribution is 7.87. The number of nitrogens with zero attached hydrogens (tertiary/aromatic N) is 5. The maximum absolute atomic E-state index is 12.9. The molecule has 2 aromatic rings. The molecular formula is C10H13FN6O2S. The van der Waals surface area contributed by atoms with Gasteiger partial charge in [0.2, 0.25) is 0 Å². The highest BCUT2D eigenvalue weighted by Crippen LogP contribution is 2.09. The predicted molar refractivity (Wildman–Crippen MR) is 68.6 cm³/mol. The van der Waals surface area contributed by atoms with Crippen LogP contribution >= 0.6 is 0 Å². The first kappa shape index (κ1) is 14.5. The number of hydrogen-bond acceptors (Lipinski definition) is 5. The standard InChI is InChI=1S/C10H13FN6O2S/c1-16(2)20(18,19)12-7-10-13-14-15-17(10)9-5-3-8(11)4-6-9/h3-6,12H,7H2,1-2H3. The summed E-state index contributed by atoms with van der Waals surface area (Å²) in [4.78, 5) is 0. The number of nitrogens with one attached hydrogen (secondary N) is 1. The number of tetrazole rings is 1. The predicted octanol–water partition coefficient (Wildman–Crippen LogP) is -0.303. The summed E-state index contributed by atoms with van der Waals surface area (Å²) in [6.07, 6.45) is 0. The molecule has 1 aromatic carbocycles. The van der Waals surface area contributed by atoms with E-state index in [1.807, 2.05) is 0 Å². The fourth-order valence-electron chi connectivity index (χ4n) is 1.38. The Balaban J connectivity index is 2.19. The van der Waals surface area contributed by atoms with Crippen molar-refractivity contribution in [3.05, 3.63) is 35.9 Å². The summed E-state index contributed by atoms with van der Waals surface area (Å²) in [5.74, 6) is -0.0845. The molecule has 0 bridgehead atoms. The molecule has 0 atom stereocenters. The third-order valence-corrected chi connectivity index (χ3v) is 3.97. The molecule has 20 heavy (non-hydrogen) atoms. The molecule has 108 valence electrons. The summed E-state index contributed by atoms with van der Waals surface area (Å²) in [6.45, 7) is -0.0785. The van der Waals surface area contributed by atoms with Crippen molar-refractivity contribution < 1.29 is 12.8 Å². The first-order valence-corrected chi connectivity index (χ1v) is 7.04. The van der Waals surface area contributed by atoms with Crippen LogP contribution in [0.5, 0.6) is 0 Å². The van der Waals surface area contributed by atoms with Gasteiger partial charge in [-0.1, -0.05) is 0 Å². The van der Waals surface area contributed by atoms with Crippen molar-refractivity contribution in [3.63, 3.8) is 0 Å². The van der Waals surface area contributed by atoms with Crippen molar-refractivity contribution >= 4 is 10.2 Å². The summed E-state index contributed by atoms with van der Waals surface area (Å²) in [7, 11) is -0.749. The Morgan fingerprint density at radius 2 is 1.95 bits per heavy atom. The van der Waals surface area contributed by atoms with Gasteiger partial charge in [-0.3, -0.25) is 0 Å². The van der Waals surface area contributed by atoms with E-state index < -0.39 is 10.2 Å². The highest BCUT2D eigenvalue weighted by Gasteiger charge is 2.15. The fraction of sp³-hybridized carbons (Fsp3) is 0.300. The van der Waals surface area contributed by atoms with Crippen molar-refractivity contribution in [2.24, 2.45) is 0 Å². The SMILES string of the molecule is CN(C)S(=O)(=O)NCc1nnnn1-c1ccc(F)cc1. The molecule has 0 saturated heterocycles. The molecule has 1 aromatic heterocycles. The minimum absolute atomic E-state index is 0.0785. The van der Waals surface area contributed by atoms with Crippen LogP contribution in [0.2, 0.25) is 0 Å². The average Bonchev–Trinajstić information content (AvgIpc) is 2.85. The molecule has 2 rings (SSSR count). The highest BCUT2D eigenvalue weighted by atomic mass is 32.2. The lowest BCUT2D eigenvalue weighted by atomic mass is 10.3. The van der Waals surface area contributed by atoms with E-state index in [0.717, 1.165) is 4.31 Å². The molecule has 8 nitrogen and oxygen atoms in total. The average molecular weight is 300 g/mol.